The molecule has 1 aromatic carbocycles. The lowest BCUT2D eigenvalue weighted by molar-refractivity contribution is 0.0697. The van der Waals surface area contributed by atoms with Gasteiger partial charge < -0.3 is 14.7 Å². The predicted molar refractivity (Wildman–Crippen MR) is 101 cm³/mol. The van der Waals surface area contributed by atoms with Crippen LogP contribution in [-0.4, -0.2) is 52.3 Å². The molecule has 5 rings (SSSR count). The fraction of sp³-hybridized carbons (Fsp3) is 0.400. The van der Waals surface area contributed by atoms with Crippen molar-refractivity contribution in [3.8, 4) is 0 Å². The Hall–Kier alpha value is -2.80. The summed E-state index contributed by atoms with van der Waals surface area (Å²) in [5.41, 5.74) is 1.73. The van der Waals surface area contributed by atoms with Crippen LogP contribution in [0.4, 0.5) is 5.82 Å². The van der Waals surface area contributed by atoms with Crippen LogP contribution < -0.4 is 4.90 Å². The van der Waals surface area contributed by atoms with E-state index in [1.807, 2.05) is 6.20 Å². The number of carboxylic acids is 1. The first kappa shape index (κ1) is 16.4. The minimum atomic E-state index is -0.956. The third-order valence-corrected chi connectivity index (χ3v) is 5.29. The molecule has 27 heavy (non-hydrogen) atoms. The number of ether oxygens (including phenoxy) is 1. The number of morpholine rings is 1. The Morgan fingerprint density at radius 3 is 2.74 bits per heavy atom. The summed E-state index contributed by atoms with van der Waals surface area (Å²) in [4.78, 5) is 27.8. The molecule has 3 heterocycles. The van der Waals surface area contributed by atoms with Crippen LogP contribution in [0, 0.1) is 5.92 Å². The monoisotopic (exact) mass is 364 g/mol. The summed E-state index contributed by atoms with van der Waals surface area (Å²) in [5.74, 6) is 1.41. The van der Waals surface area contributed by atoms with E-state index in [4.69, 9.17) is 14.7 Å². The van der Waals surface area contributed by atoms with Gasteiger partial charge in [0.15, 0.2) is 5.82 Å². The van der Waals surface area contributed by atoms with E-state index in [2.05, 4.69) is 9.88 Å². The number of nitrogens with zero attached hydrogens (tertiary/aromatic N) is 4. The lowest BCUT2D eigenvalue weighted by atomic mass is 10.1. The number of benzene rings is 1. The van der Waals surface area contributed by atoms with Crippen LogP contribution in [-0.2, 0) is 11.2 Å². The van der Waals surface area contributed by atoms with Gasteiger partial charge in [-0.15, -0.1) is 0 Å². The summed E-state index contributed by atoms with van der Waals surface area (Å²) < 4.78 is 5.48. The molecule has 0 spiro atoms. The molecule has 2 aliphatic rings. The minimum Gasteiger partial charge on any atom is -0.478 e. The van der Waals surface area contributed by atoms with Crippen LogP contribution in [0.1, 0.15) is 29.0 Å². The second kappa shape index (κ2) is 6.42. The maximum atomic E-state index is 11.4. The topological polar surface area (TPSA) is 88.4 Å². The highest BCUT2D eigenvalue weighted by Crippen LogP contribution is 2.34. The van der Waals surface area contributed by atoms with Crippen LogP contribution in [0.15, 0.2) is 24.4 Å². The van der Waals surface area contributed by atoms with Gasteiger partial charge in [0.1, 0.15) is 11.3 Å². The number of aromatic nitrogens is 3. The molecule has 1 aliphatic heterocycles. The van der Waals surface area contributed by atoms with Crippen LogP contribution in [0.3, 0.4) is 0 Å². The van der Waals surface area contributed by atoms with E-state index in [9.17, 15) is 9.90 Å². The quantitative estimate of drug-likeness (QED) is 0.712. The van der Waals surface area contributed by atoms with Crippen molar-refractivity contribution >= 4 is 33.6 Å². The van der Waals surface area contributed by atoms with Crippen molar-refractivity contribution in [1.82, 2.24) is 15.0 Å². The van der Waals surface area contributed by atoms with Crippen LogP contribution >= 0.6 is 0 Å². The standard InChI is InChI=1S/C20H20N4O3/c25-20(26)13-3-4-14-15-11-21-17(9-12-1-2-12)23-18(15)19(22-16(14)10-13)24-5-7-27-8-6-24/h3-4,10-12H,1-2,5-9H2,(H,25,26). The Morgan fingerprint density at radius 1 is 1.19 bits per heavy atom. The van der Waals surface area contributed by atoms with Gasteiger partial charge in [-0.2, -0.15) is 0 Å². The smallest absolute Gasteiger partial charge is 0.335 e. The van der Waals surface area contributed by atoms with Crippen molar-refractivity contribution in [1.29, 1.82) is 0 Å². The lowest BCUT2D eigenvalue weighted by Gasteiger charge is -2.28. The minimum absolute atomic E-state index is 0.230. The molecule has 0 unspecified atom stereocenters. The molecule has 1 saturated carbocycles. The molecule has 0 atom stereocenters. The average molecular weight is 364 g/mol. The second-order valence-electron chi connectivity index (χ2n) is 7.27. The van der Waals surface area contributed by atoms with Gasteiger partial charge in [0.2, 0.25) is 0 Å². The molecular formula is C20H20N4O3. The van der Waals surface area contributed by atoms with Crippen molar-refractivity contribution in [2.45, 2.75) is 19.3 Å². The van der Waals surface area contributed by atoms with Crippen LogP contribution in [0.2, 0.25) is 0 Å². The summed E-state index contributed by atoms with van der Waals surface area (Å²) in [5, 5.41) is 11.1. The number of aromatic carboxylic acids is 1. The van der Waals surface area contributed by atoms with Gasteiger partial charge in [-0.3, -0.25) is 0 Å². The van der Waals surface area contributed by atoms with E-state index in [1.54, 1.807) is 18.2 Å². The molecule has 0 bridgehead atoms. The maximum Gasteiger partial charge on any atom is 0.335 e. The lowest BCUT2D eigenvalue weighted by Crippen LogP contribution is -2.37. The van der Waals surface area contributed by atoms with E-state index in [1.165, 1.54) is 12.8 Å². The zero-order chi connectivity index (χ0) is 18.4. The zero-order valence-corrected chi connectivity index (χ0v) is 14.9. The van der Waals surface area contributed by atoms with E-state index in [0.717, 1.165) is 47.4 Å². The van der Waals surface area contributed by atoms with Gasteiger partial charge in [-0.25, -0.2) is 19.7 Å². The molecule has 3 aromatic rings. The van der Waals surface area contributed by atoms with Gasteiger partial charge in [-0.1, -0.05) is 6.07 Å². The maximum absolute atomic E-state index is 11.4. The number of hydrogen-bond acceptors (Lipinski definition) is 6. The number of hydrogen-bond donors (Lipinski definition) is 1. The van der Waals surface area contributed by atoms with Crippen LogP contribution in [0.5, 0.6) is 0 Å². The van der Waals surface area contributed by atoms with Gasteiger partial charge >= 0.3 is 5.97 Å². The van der Waals surface area contributed by atoms with Gasteiger partial charge in [0.25, 0.3) is 0 Å². The molecule has 1 N–H and O–H groups in total. The summed E-state index contributed by atoms with van der Waals surface area (Å²) in [6.45, 7) is 2.79. The molecule has 2 aromatic heterocycles. The SMILES string of the molecule is O=C(O)c1ccc2c(c1)nc(N1CCOCC1)c1nc(CC3CC3)ncc12. The Labute approximate surface area is 156 Å². The summed E-state index contributed by atoms with van der Waals surface area (Å²) in [6.07, 6.45) is 5.29. The summed E-state index contributed by atoms with van der Waals surface area (Å²) in [6, 6.07) is 5.04. The predicted octanol–water partition coefficient (Wildman–Crippen LogP) is 2.67. The third-order valence-electron chi connectivity index (χ3n) is 5.29. The number of carboxylic acid groups (broad SMARTS) is 1. The van der Waals surface area contributed by atoms with Crippen LogP contribution in [0.25, 0.3) is 21.8 Å². The molecule has 138 valence electrons. The average Bonchev–Trinajstić information content (AvgIpc) is 3.51. The molecule has 0 radical (unpaired) electrons. The first-order valence-corrected chi connectivity index (χ1v) is 9.34. The zero-order valence-electron chi connectivity index (χ0n) is 14.9. The van der Waals surface area contributed by atoms with E-state index < -0.39 is 5.97 Å². The largest absolute Gasteiger partial charge is 0.478 e. The first-order valence-electron chi connectivity index (χ1n) is 9.34. The van der Waals surface area contributed by atoms with Crippen molar-refractivity contribution < 1.29 is 14.6 Å². The molecule has 1 saturated heterocycles. The Bertz CT molecular complexity index is 1040. The first-order chi connectivity index (χ1) is 13.2. The van der Waals surface area contributed by atoms with E-state index in [-0.39, 0.29) is 5.56 Å². The van der Waals surface area contributed by atoms with E-state index in [0.29, 0.717) is 24.6 Å². The number of carbonyl (C=O) groups is 1. The fourth-order valence-electron chi connectivity index (χ4n) is 3.61. The Morgan fingerprint density at radius 2 is 2.00 bits per heavy atom. The molecule has 7 heteroatoms. The normalized spacial score (nSPS) is 17.6. The Kier molecular flexibility index (Phi) is 3.89. The van der Waals surface area contributed by atoms with Gasteiger partial charge in [0, 0.05) is 36.5 Å². The fourth-order valence-corrected chi connectivity index (χ4v) is 3.61. The molecule has 1 aliphatic carbocycles. The van der Waals surface area contributed by atoms with Crippen molar-refractivity contribution in [2.75, 3.05) is 31.2 Å². The Balaban J connectivity index is 1.72. The second-order valence-corrected chi connectivity index (χ2v) is 7.27. The third kappa shape index (κ3) is 3.08. The van der Waals surface area contributed by atoms with Gasteiger partial charge in [-0.05, 0) is 30.9 Å². The molecule has 0 amide bonds. The van der Waals surface area contributed by atoms with Crippen molar-refractivity contribution in [3.63, 3.8) is 0 Å². The molecule has 7 nitrogen and oxygen atoms in total. The van der Waals surface area contributed by atoms with E-state index >= 15 is 0 Å². The number of anilines is 1. The van der Waals surface area contributed by atoms with Gasteiger partial charge in [0.05, 0.1) is 24.3 Å². The molecular weight excluding hydrogens is 344 g/mol. The van der Waals surface area contributed by atoms with Crippen molar-refractivity contribution in [2.24, 2.45) is 5.92 Å². The summed E-state index contributed by atoms with van der Waals surface area (Å²) in [7, 11) is 0. The summed E-state index contributed by atoms with van der Waals surface area (Å²) >= 11 is 0. The van der Waals surface area contributed by atoms with Crippen molar-refractivity contribution in [3.05, 3.63) is 35.8 Å². The number of rotatable bonds is 4. The number of pyridine rings is 1. The number of fused-ring (bicyclic) bond motifs is 3. The highest BCUT2D eigenvalue weighted by Gasteiger charge is 2.24. The highest BCUT2D eigenvalue weighted by atomic mass is 16.5. The highest BCUT2D eigenvalue weighted by molar-refractivity contribution is 6.09. The molecule has 2 fully saturated rings.